The van der Waals surface area contributed by atoms with Gasteiger partial charge in [-0.25, -0.2) is 4.98 Å². The van der Waals surface area contributed by atoms with E-state index in [0.29, 0.717) is 5.89 Å². The Morgan fingerprint density at radius 3 is 2.57 bits per heavy atom. The summed E-state index contributed by atoms with van der Waals surface area (Å²) in [5, 5.41) is 2.13. The summed E-state index contributed by atoms with van der Waals surface area (Å²) in [4.78, 5) is 4.60. The van der Waals surface area contributed by atoms with E-state index in [-0.39, 0.29) is 0 Å². The number of rotatable bonds is 1. The summed E-state index contributed by atoms with van der Waals surface area (Å²) in [6, 6.07) is 19.9. The molecule has 110 valence electrons. The van der Waals surface area contributed by atoms with Crippen LogP contribution in [0.4, 0.5) is 0 Å². The SMILES string of the molecule is Brc1cccc(-c2nc3cc4oc5ccccc5c4cc3o2)c1. The normalized spacial score (nSPS) is 11.7. The maximum absolute atomic E-state index is 5.96. The van der Waals surface area contributed by atoms with Crippen molar-refractivity contribution < 1.29 is 8.83 Å². The van der Waals surface area contributed by atoms with E-state index in [1.165, 1.54) is 0 Å². The molecule has 0 unspecified atom stereocenters. The first kappa shape index (κ1) is 12.9. The molecule has 5 rings (SSSR count). The molecule has 0 N–H and O–H groups in total. The zero-order valence-electron chi connectivity index (χ0n) is 11.9. The number of aromatic nitrogens is 1. The first-order valence-corrected chi connectivity index (χ1v) is 8.05. The molecule has 0 aliphatic carbocycles. The van der Waals surface area contributed by atoms with Crippen LogP contribution in [0.2, 0.25) is 0 Å². The van der Waals surface area contributed by atoms with Gasteiger partial charge in [-0.05, 0) is 30.3 Å². The summed E-state index contributed by atoms with van der Waals surface area (Å²) in [5.74, 6) is 0.609. The molecule has 0 atom stereocenters. The van der Waals surface area contributed by atoms with Gasteiger partial charge < -0.3 is 8.83 Å². The van der Waals surface area contributed by atoms with E-state index in [1.54, 1.807) is 0 Å². The monoisotopic (exact) mass is 363 g/mol. The minimum absolute atomic E-state index is 0.609. The number of furan rings is 1. The van der Waals surface area contributed by atoms with Gasteiger partial charge in [0, 0.05) is 26.9 Å². The molecule has 3 aromatic carbocycles. The highest BCUT2D eigenvalue weighted by Gasteiger charge is 2.13. The molecule has 0 bridgehead atoms. The van der Waals surface area contributed by atoms with Crippen LogP contribution >= 0.6 is 15.9 Å². The highest BCUT2D eigenvalue weighted by molar-refractivity contribution is 9.10. The van der Waals surface area contributed by atoms with Crippen LogP contribution in [-0.4, -0.2) is 4.98 Å². The predicted molar refractivity (Wildman–Crippen MR) is 94.4 cm³/mol. The van der Waals surface area contributed by atoms with Gasteiger partial charge in [-0.15, -0.1) is 0 Å². The number of fused-ring (bicyclic) bond motifs is 4. The van der Waals surface area contributed by atoms with Gasteiger partial charge in [0.1, 0.15) is 16.7 Å². The van der Waals surface area contributed by atoms with Gasteiger partial charge in [0.15, 0.2) is 5.58 Å². The van der Waals surface area contributed by atoms with E-state index in [0.717, 1.165) is 43.1 Å². The molecule has 5 aromatic rings. The standard InChI is InChI=1S/C19H10BrNO2/c20-12-5-3-4-11(8-12)19-21-15-10-17-14(9-18(15)23-19)13-6-1-2-7-16(13)22-17/h1-10H. The number of halogens is 1. The molecule has 2 aromatic heterocycles. The largest absolute Gasteiger partial charge is 0.456 e. The second kappa shape index (κ2) is 4.70. The van der Waals surface area contributed by atoms with Crippen LogP contribution in [0.5, 0.6) is 0 Å². The third-order valence-electron chi connectivity index (χ3n) is 3.96. The molecule has 3 nitrogen and oxygen atoms in total. The Morgan fingerprint density at radius 2 is 1.65 bits per heavy atom. The van der Waals surface area contributed by atoms with Crippen molar-refractivity contribution in [2.45, 2.75) is 0 Å². The van der Waals surface area contributed by atoms with Crippen molar-refractivity contribution in [3.63, 3.8) is 0 Å². The van der Waals surface area contributed by atoms with Crippen LogP contribution in [0.15, 0.2) is 74.0 Å². The van der Waals surface area contributed by atoms with E-state index in [2.05, 4.69) is 27.0 Å². The lowest BCUT2D eigenvalue weighted by Crippen LogP contribution is -1.76. The zero-order valence-corrected chi connectivity index (χ0v) is 13.5. The Kier molecular flexibility index (Phi) is 2.64. The molecule has 0 aliphatic rings. The molecule has 0 amide bonds. The van der Waals surface area contributed by atoms with Gasteiger partial charge in [-0.3, -0.25) is 0 Å². The fourth-order valence-electron chi connectivity index (χ4n) is 2.89. The molecule has 0 saturated carbocycles. The van der Waals surface area contributed by atoms with Crippen LogP contribution in [0.1, 0.15) is 0 Å². The third kappa shape index (κ3) is 1.99. The summed E-state index contributed by atoms with van der Waals surface area (Å²) < 4.78 is 12.9. The molecule has 23 heavy (non-hydrogen) atoms. The lowest BCUT2D eigenvalue weighted by Gasteiger charge is -1.94. The fraction of sp³-hybridized carbons (Fsp3) is 0. The first-order valence-electron chi connectivity index (χ1n) is 7.26. The molecule has 0 spiro atoms. The van der Waals surface area contributed by atoms with E-state index in [4.69, 9.17) is 8.83 Å². The van der Waals surface area contributed by atoms with Crippen molar-refractivity contribution in [3.8, 4) is 11.5 Å². The molecule has 0 fully saturated rings. The van der Waals surface area contributed by atoms with E-state index < -0.39 is 0 Å². The average molecular weight is 364 g/mol. The smallest absolute Gasteiger partial charge is 0.227 e. The van der Waals surface area contributed by atoms with Gasteiger partial charge in [-0.2, -0.15) is 0 Å². The Labute approximate surface area is 139 Å². The second-order valence-electron chi connectivity index (χ2n) is 5.44. The van der Waals surface area contributed by atoms with Gasteiger partial charge in [0.2, 0.25) is 5.89 Å². The minimum atomic E-state index is 0.609. The van der Waals surface area contributed by atoms with Crippen molar-refractivity contribution in [1.82, 2.24) is 4.98 Å². The lowest BCUT2D eigenvalue weighted by molar-refractivity contribution is 0.620. The third-order valence-corrected chi connectivity index (χ3v) is 4.45. The number of nitrogens with zero attached hydrogens (tertiary/aromatic N) is 1. The molecular weight excluding hydrogens is 354 g/mol. The number of oxazole rings is 1. The maximum Gasteiger partial charge on any atom is 0.227 e. The van der Waals surface area contributed by atoms with Crippen LogP contribution in [0.25, 0.3) is 44.5 Å². The van der Waals surface area contributed by atoms with E-state index >= 15 is 0 Å². The summed E-state index contributed by atoms with van der Waals surface area (Å²) in [6.07, 6.45) is 0. The zero-order chi connectivity index (χ0) is 15.4. The molecule has 4 heteroatoms. The highest BCUT2D eigenvalue weighted by atomic mass is 79.9. The second-order valence-corrected chi connectivity index (χ2v) is 6.36. The number of hydrogen-bond donors (Lipinski definition) is 0. The molecule has 0 radical (unpaired) electrons. The number of benzene rings is 3. The Bertz CT molecular complexity index is 1190. The highest BCUT2D eigenvalue weighted by Crippen LogP contribution is 2.34. The number of para-hydroxylation sites is 1. The first-order chi connectivity index (χ1) is 11.3. The van der Waals surface area contributed by atoms with Crippen molar-refractivity contribution in [2.24, 2.45) is 0 Å². The summed E-state index contributed by atoms with van der Waals surface area (Å²) >= 11 is 3.48. The average Bonchev–Trinajstić information content (AvgIpc) is 3.13. The van der Waals surface area contributed by atoms with Gasteiger partial charge >= 0.3 is 0 Å². The van der Waals surface area contributed by atoms with Gasteiger partial charge in [-0.1, -0.05) is 40.2 Å². The Balaban J connectivity index is 1.78. The van der Waals surface area contributed by atoms with Crippen molar-refractivity contribution in [2.75, 3.05) is 0 Å². The van der Waals surface area contributed by atoms with Crippen LogP contribution in [-0.2, 0) is 0 Å². The molecule has 0 saturated heterocycles. The lowest BCUT2D eigenvalue weighted by atomic mass is 10.1. The summed E-state index contributed by atoms with van der Waals surface area (Å²) in [6.45, 7) is 0. The predicted octanol–water partition coefficient (Wildman–Crippen LogP) is 6.16. The summed E-state index contributed by atoms with van der Waals surface area (Å²) in [7, 11) is 0. The number of hydrogen-bond acceptors (Lipinski definition) is 3. The van der Waals surface area contributed by atoms with Crippen molar-refractivity contribution in [3.05, 3.63) is 65.1 Å². The van der Waals surface area contributed by atoms with Crippen LogP contribution in [0.3, 0.4) is 0 Å². The van der Waals surface area contributed by atoms with Crippen LogP contribution in [0, 0.1) is 0 Å². The molecular formula is C19H10BrNO2. The quantitative estimate of drug-likeness (QED) is 0.358. The van der Waals surface area contributed by atoms with Crippen molar-refractivity contribution in [1.29, 1.82) is 0 Å². The van der Waals surface area contributed by atoms with Gasteiger partial charge in [0.25, 0.3) is 0 Å². The Hall–Kier alpha value is -2.59. The molecule has 0 aliphatic heterocycles. The minimum Gasteiger partial charge on any atom is -0.456 e. The summed E-state index contributed by atoms with van der Waals surface area (Å²) in [5.41, 5.74) is 4.21. The van der Waals surface area contributed by atoms with Crippen LogP contribution < -0.4 is 0 Å². The van der Waals surface area contributed by atoms with Gasteiger partial charge in [0.05, 0.1) is 0 Å². The Morgan fingerprint density at radius 1 is 0.739 bits per heavy atom. The van der Waals surface area contributed by atoms with E-state index in [1.807, 2.05) is 54.6 Å². The molecule has 2 heterocycles. The topological polar surface area (TPSA) is 39.2 Å². The maximum atomic E-state index is 5.96. The van der Waals surface area contributed by atoms with E-state index in [9.17, 15) is 0 Å². The van der Waals surface area contributed by atoms with Crippen molar-refractivity contribution >= 4 is 49.0 Å². The fourth-order valence-corrected chi connectivity index (χ4v) is 3.29.